The highest BCUT2D eigenvalue weighted by atomic mass is 32.2. The molecule has 7 nitrogen and oxygen atoms in total. The molecule has 0 aromatic carbocycles. The third-order valence-electron chi connectivity index (χ3n) is 4.40. The van der Waals surface area contributed by atoms with Crippen LogP contribution in [-0.2, 0) is 19.6 Å². The second-order valence-corrected chi connectivity index (χ2v) is 7.52. The van der Waals surface area contributed by atoms with Gasteiger partial charge in [-0.1, -0.05) is 0 Å². The van der Waals surface area contributed by atoms with Gasteiger partial charge in [-0.3, -0.25) is 4.79 Å². The average Bonchev–Trinajstić information content (AvgIpc) is 2.99. The molecule has 2 rings (SSSR count). The molecule has 0 spiro atoms. The normalized spacial score (nSPS) is 28.7. The lowest BCUT2D eigenvalue weighted by molar-refractivity contribution is -0.131. The van der Waals surface area contributed by atoms with Crippen molar-refractivity contribution in [2.24, 2.45) is 11.1 Å². The Labute approximate surface area is 137 Å². The molecule has 0 aromatic rings. The lowest BCUT2D eigenvalue weighted by Crippen LogP contribution is -2.53. The van der Waals surface area contributed by atoms with Crippen molar-refractivity contribution in [3.8, 4) is 0 Å². The SMILES string of the molecule is CCNC(=O)C1C=C(S(N)(=O)=O)C=CC1(CN1CCCC1)OC. The van der Waals surface area contributed by atoms with Gasteiger partial charge in [-0.05, 0) is 51.1 Å². The first-order valence-corrected chi connectivity index (χ1v) is 9.36. The minimum absolute atomic E-state index is 0.0529. The summed E-state index contributed by atoms with van der Waals surface area (Å²) in [4.78, 5) is 14.7. The van der Waals surface area contributed by atoms with E-state index in [1.807, 2.05) is 6.92 Å². The van der Waals surface area contributed by atoms with Gasteiger partial charge >= 0.3 is 0 Å². The van der Waals surface area contributed by atoms with Crippen LogP contribution in [0.4, 0.5) is 0 Å². The van der Waals surface area contributed by atoms with Crippen molar-refractivity contribution in [2.75, 3.05) is 33.3 Å². The number of rotatable bonds is 6. The molecular formula is C15H25N3O4S. The summed E-state index contributed by atoms with van der Waals surface area (Å²) in [6.45, 7) is 4.72. The first-order valence-electron chi connectivity index (χ1n) is 7.81. The molecule has 1 amide bonds. The lowest BCUT2D eigenvalue weighted by atomic mass is 9.82. The van der Waals surface area contributed by atoms with Gasteiger partial charge in [0.05, 0.1) is 10.8 Å². The van der Waals surface area contributed by atoms with Crippen LogP contribution in [-0.4, -0.2) is 58.1 Å². The summed E-state index contributed by atoms with van der Waals surface area (Å²) in [7, 11) is -2.32. The van der Waals surface area contributed by atoms with Crippen molar-refractivity contribution in [1.82, 2.24) is 10.2 Å². The molecule has 23 heavy (non-hydrogen) atoms. The highest BCUT2D eigenvalue weighted by Crippen LogP contribution is 2.33. The fraction of sp³-hybridized carbons (Fsp3) is 0.667. The summed E-state index contributed by atoms with van der Waals surface area (Å²) in [6.07, 6.45) is 6.73. The minimum Gasteiger partial charge on any atom is -0.372 e. The van der Waals surface area contributed by atoms with E-state index in [0.29, 0.717) is 13.1 Å². The number of methoxy groups -OCH3 is 1. The van der Waals surface area contributed by atoms with E-state index >= 15 is 0 Å². The van der Waals surface area contributed by atoms with Gasteiger partial charge in [-0.25, -0.2) is 13.6 Å². The standard InChI is InChI=1S/C15H25N3O4S/c1-3-17-14(19)13-10-12(23(16,20)21)6-7-15(13,22-2)11-18-8-4-5-9-18/h6-7,10,13H,3-5,8-9,11H2,1-2H3,(H,17,19)(H2,16,20,21). The van der Waals surface area contributed by atoms with Crippen molar-refractivity contribution in [2.45, 2.75) is 25.4 Å². The van der Waals surface area contributed by atoms with E-state index in [-0.39, 0.29) is 10.8 Å². The number of sulfonamides is 1. The Balaban J connectivity index is 2.36. The van der Waals surface area contributed by atoms with E-state index in [4.69, 9.17) is 9.88 Å². The van der Waals surface area contributed by atoms with Crippen LogP contribution in [0.2, 0.25) is 0 Å². The van der Waals surface area contributed by atoms with E-state index in [1.54, 1.807) is 13.2 Å². The number of primary sulfonamides is 1. The van der Waals surface area contributed by atoms with Gasteiger partial charge in [0.25, 0.3) is 0 Å². The molecule has 130 valence electrons. The maximum Gasteiger partial charge on any atom is 0.237 e. The molecular weight excluding hydrogens is 318 g/mol. The van der Waals surface area contributed by atoms with Crippen LogP contribution in [0.3, 0.4) is 0 Å². The third-order valence-corrected chi connectivity index (χ3v) is 5.33. The van der Waals surface area contributed by atoms with E-state index in [9.17, 15) is 13.2 Å². The predicted octanol–water partition coefficient (Wildman–Crippen LogP) is -0.0381. The van der Waals surface area contributed by atoms with Crippen LogP contribution >= 0.6 is 0 Å². The molecule has 1 aliphatic heterocycles. The van der Waals surface area contributed by atoms with Crippen LogP contribution < -0.4 is 10.5 Å². The van der Waals surface area contributed by atoms with E-state index in [0.717, 1.165) is 25.9 Å². The van der Waals surface area contributed by atoms with Crippen molar-refractivity contribution < 1.29 is 17.9 Å². The summed E-state index contributed by atoms with van der Waals surface area (Å²) in [5.74, 6) is -1.01. The lowest BCUT2D eigenvalue weighted by Gasteiger charge is -2.39. The number of hydrogen-bond donors (Lipinski definition) is 2. The Kier molecular flexibility index (Phi) is 5.61. The number of ether oxygens (including phenoxy) is 1. The number of carbonyl (C=O) groups excluding carboxylic acids is 1. The number of allylic oxidation sites excluding steroid dienone is 1. The molecule has 0 aromatic heterocycles. The molecule has 1 fully saturated rings. The van der Waals surface area contributed by atoms with Crippen molar-refractivity contribution in [3.05, 3.63) is 23.1 Å². The second-order valence-electron chi connectivity index (χ2n) is 5.96. The monoisotopic (exact) mass is 343 g/mol. The fourth-order valence-electron chi connectivity index (χ4n) is 3.16. The first kappa shape index (κ1) is 18.1. The Morgan fingerprint density at radius 2 is 2.13 bits per heavy atom. The molecule has 3 N–H and O–H groups in total. The Bertz CT molecular complexity index is 608. The number of likely N-dealkylation sites (tertiary alicyclic amines) is 1. The van der Waals surface area contributed by atoms with Gasteiger partial charge in [-0.15, -0.1) is 0 Å². The van der Waals surface area contributed by atoms with Crippen LogP contribution in [0, 0.1) is 5.92 Å². The van der Waals surface area contributed by atoms with Crippen LogP contribution in [0.1, 0.15) is 19.8 Å². The van der Waals surface area contributed by atoms with Crippen LogP contribution in [0.15, 0.2) is 23.1 Å². The maximum absolute atomic E-state index is 12.5. The van der Waals surface area contributed by atoms with Gasteiger partial charge in [0.1, 0.15) is 5.60 Å². The summed E-state index contributed by atoms with van der Waals surface area (Å²) >= 11 is 0. The van der Waals surface area contributed by atoms with Gasteiger partial charge in [0, 0.05) is 20.2 Å². The molecule has 2 aliphatic rings. The van der Waals surface area contributed by atoms with Crippen LogP contribution in [0.25, 0.3) is 0 Å². The van der Waals surface area contributed by atoms with Crippen LogP contribution in [0.5, 0.6) is 0 Å². The summed E-state index contributed by atoms with van der Waals surface area (Å²) in [5.41, 5.74) is -0.891. The molecule has 0 bridgehead atoms. The molecule has 2 atom stereocenters. The topological polar surface area (TPSA) is 102 Å². The molecule has 1 heterocycles. The van der Waals surface area contributed by atoms with Gasteiger partial charge in [-0.2, -0.15) is 0 Å². The van der Waals surface area contributed by atoms with E-state index < -0.39 is 21.5 Å². The summed E-state index contributed by atoms with van der Waals surface area (Å²) in [6, 6.07) is 0. The minimum atomic E-state index is -3.87. The summed E-state index contributed by atoms with van der Waals surface area (Å²) in [5, 5.41) is 7.96. The largest absolute Gasteiger partial charge is 0.372 e. The molecule has 2 unspecified atom stereocenters. The highest BCUT2D eigenvalue weighted by molar-refractivity contribution is 7.93. The van der Waals surface area contributed by atoms with Crippen molar-refractivity contribution in [3.63, 3.8) is 0 Å². The van der Waals surface area contributed by atoms with Crippen molar-refractivity contribution >= 4 is 15.9 Å². The number of nitrogens with one attached hydrogen (secondary N) is 1. The molecule has 8 heteroatoms. The summed E-state index contributed by atoms with van der Waals surface area (Å²) < 4.78 is 29.0. The quantitative estimate of drug-likeness (QED) is 0.705. The highest BCUT2D eigenvalue weighted by Gasteiger charge is 2.44. The average molecular weight is 343 g/mol. The molecule has 0 radical (unpaired) electrons. The number of carbonyl (C=O) groups is 1. The Morgan fingerprint density at radius 3 is 2.65 bits per heavy atom. The third kappa shape index (κ3) is 4.00. The zero-order chi connectivity index (χ0) is 17.1. The molecule has 1 saturated heterocycles. The Morgan fingerprint density at radius 1 is 1.48 bits per heavy atom. The zero-order valence-electron chi connectivity index (χ0n) is 13.6. The van der Waals surface area contributed by atoms with E-state index in [2.05, 4.69) is 10.2 Å². The second kappa shape index (κ2) is 7.12. The number of nitrogens with zero attached hydrogens (tertiary/aromatic N) is 1. The smallest absolute Gasteiger partial charge is 0.237 e. The van der Waals surface area contributed by atoms with Gasteiger partial charge in [0.2, 0.25) is 15.9 Å². The molecule has 0 saturated carbocycles. The predicted molar refractivity (Wildman–Crippen MR) is 87.9 cm³/mol. The van der Waals surface area contributed by atoms with E-state index in [1.165, 1.54) is 12.2 Å². The fourth-order valence-corrected chi connectivity index (χ4v) is 3.74. The number of amides is 1. The maximum atomic E-state index is 12.5. The zero-order valence-corrected chi connectivity index (χ0v) is 14.4. The first-order chi connectivity index (χ1) is 10.8. The molecule has 1 aliphatic carbocycles. The van der Waals surface area contributed by atoms with Gasteiger partial charge < -0.3 is 15.0 Å². The Hall–Kier alpha value is -1.22. The van der Waals surface area contributed by atoms with Crippen molar-refractivity contribution in [1.29, 1.82) is 0 Å². The number of nitrogens with two attached hydrogens (primary N) is 1. The van der Waals surface area contributed by atoms with Gasteiger partial charge in [0.15, 0.2) is 0 Å². The number of hydrogen-bond acceptors (Lipinski definition) is 5.